The Kier molecular flexibility index (Phi) is 5.30. The number of tetrazole rings is 1. The summed E-state index contributed by atoms with van der Waals surface area (Å²) in [5.41, 5.74) is 3.19. The van der Waals surface area contributed by atoms with Gasteiger partial charge in [-0.1, -0.05) is 11.6 Å². The van der Waals surface area contributed by atoms with E-state index in [-0.39, 0.29) is 17.2 Å². The van der Waals surface area contributed by atoms with Crippen LogP contribution in [0.15, 0.2) is 66.0 Å². The molecule has 0 radical (unpaired) electrons. The summed E-state index contributed by atoms with van der Waals surface area (Å²) >= 11 is 6.25. The van der Waals surface area contributed by atoms with E-state index in [1.54, 1.807) is 36.5 Å². The van der Waals surface area contributed by atoms with Crippen LogP contribution in [0, 0.1) is 0 Å². The van der Waals surface area contributed by atoms with E-state index in [0.717, 1.165) is 5.69 Å². The van der Waals surface area contributed by atoms with Gasteiger partial charge >= 0.3 is 5.97 Å². The average Bonchev–Trinajstić information content (AvgIpc) is 3.63. The third-order valence-corrected chi connectivity index (χ3v) is 6.47. The van der Waals surface area contributed by atoms with Crippen molar-refractivity contribution in [3.05, 3.63) is 87.9 Å². The molecule has 12 nitrogen and oxygen atoms in total. The van der Waals surface area contributed by atoms with E-state index in [4.69, 9.17) is 16.7 Å². The van der Waals surface area contributed by atoms with Crippen molar-refractivity contribution in [1.29, 1.82) is 0 Å². The molecule has 1 amide bonds. The lowest BCUT2D eigenvalue weighted by molar-refractivity contribution is -0.119. The normalized spacial score (nSPS) is 14.6. The minimum atomic E-state index is -1.14. The maximum Gasteiger partial charge on any atom is 0.356 e. The number of benzene rings is 1. The Hall–Kier alpha value is -4.84. The van der Waals surface area contributed by atoms with Crippen molar-refractivity contribution in [3.8, 4) is 16.8 Å². The molecule has 0 spiro atoms. The fraction of sp³-hybridized carbons (Fsp3) is 0.125. The predicted molar refractivity (Wildman–Crippen MR) is 132 cm³/mol. The van der Waals surface area contributed by atoms with E-state index >= 15 is 0 Å². The fourth-order valence-corrected chi connectivity index (χ4v) is 4.78. The number of nitrogens with one attached hydrogen (secondary N) is 1. The van der Waals surface area contributed by atoms with E-state index in [1.165, 1.54) is 32.2 Å². The Balaban J connectivity index is 1.31. The molecular formula is C24H17ClN8O4. The first kappa shape index (κ1) is 22.6. The summed E-state index contributed by atoms with van der Waals surface area (Å²) < 4.78 is 4.51. The fourth-order valence-electron chi connectivity index (χ4n) is 4.60. The highest BCUT2D eigenvalue weighted by molar-refractivity contribution is 6.31. The molecule has 184 valence electrons. The molecule has 0 saturated heterocycles. The molecule has 1 aromatic carbocycles. The number of carbonyl (C=O) groups excluding carboxylic acids is 1. The molecule has 13 heteroatoms. The molecule has 0 fully saturated rings. The molecule has 5 heterocycles. The van der Waals surface area contributed by atoms with Crippen molar-refractivity contribution in [2.45, 2.75) is 18.9 Å². The SMILES string of the molecule is O=C(O)c1cn2cc(NC(=O)[C@@H]3CCc4cc(-c5cc(Cl)ccc5-n5cnnn5)cc(=O)n43)ccc2n1. The van der Waals surface area contributed by atoms with Gasteiger partial charge in [-0.05, 0) is 65.2 Å². The number of carbonyl (C=O) groups is 2. The number of nitrogens with zero attached hydrogens (tertiary/aromatic N) is 7. The standard InChI is InChI=1S/C24H17ClN8O4/c25-14-1-4-19(32-12-26-29-30-32)17(9-14)13-7-16-3-5-20(33(16)22(34)8-13)23(35)27-15-2-6-21-28-18(24(36)37)11-31(21)10-15/h1-2,4,6-12,20H,3,5H2,(H,27,35)(H,36,37)/t20-/m0/s1. The Labute approximate surface area is 212 Å². The van der Waals surface area contributed by atoms with Gasteiger partial charge < -0.3 is 19.4 Å². The van der Waals surface area contributed by atoms with Crippen molar-refractivity contribution >= 4 is 34.8 Å². The van der Waals surface area contributed by atoms with Crippen LogP contribution in [0.4, 0.5) is 5.69 Å². The Bertz CT molecular complexity index is 1760. The van der Waals surface area contributed by atoms with Gasteiger partial charge in [-0.15, -0.1) is 5.10 Å². The summed E-state index contributed by atoms with van der Waals surface area (Å²) in [7, 11) is 0. The number of pyridine rings is 2. The number of hydrogen-bond acceptors (Lipinski definition) is 7. The lowest BCUT2D eigenvalue weighted by Crippen LogP contribution is -2.31. The topological polar surface area (TPSA) is 149 Å². The van der Waals surface area contributed by atoms with Crippen LogP contribution >= 0.6 is 11.6 Å². The van der Waals surface area contributed by atoms with Gasteiger partial charge in [0.05, 0.1) is 11.4 Å². The molecule has 5 aromatic rings. The molecule has 1 aliphatic rings. The Morgan fingerprint density at radius 1 is 1.11 bits per heavy atom. The van der Waals surface area contributed by atoms with Crippen LogP contribution in [0.2, 0.25) is 5.02 Å². The second kappa shape index (κ2) is 8.68. The molecule has 4 aromatic heterocycles. The monoisotopic (exact) mass is 516 g/mol. The minimum absolute atomic E-state index is 0.0986. The summed E-state index contributed by atoms with van der Waals surface area (Å²) in [5.74, 6) is -1.48. The van der Waals surface area contributed by atoms with E-state index in [1.807, 2.05) is 6.07 Å². The van der Waals surface area contributed by atoms with Crippen LogP contribution in [-0.4, -0.2) is 51.1 Å². The van der Waals surface area contributed by atoms with Crippen LogP contribution in [0.3, 0.4) is 0 Å². The van der Waals surface area contributed by atoms with E-state index in [0.29, 0.717) is 46.0 Å². The molecular weight excluding hydrogens is 500 g/mol. The number of anilines is 1. The van der Waals surface area contributed by atoms with Gasteiger partial charge in [-0.25, -0.2) is 9.78 Å². The van der Waals surface area contributed by atoms with E-state index in [9.17, 15) is 14.4 Å². The summed E-state index contributed by atoms with van der Waals surface area (Å²) in [4.78, 5) is 41.6. The highest BCUT2D eigenvalue weighted by Crippen LogP contribution is 2.32. The summed E-state index contributed by atoms with van der Waals surface area (Å²) in [6.07, 6.45) is 5.38. The quantitative estimate of drug-likeness (QED) is 0.362. The van der Waals surface area contributed by atoms with Crippen LogP contribution in [0.25, 0.3) is 22.5 Å². The molecule has 0 unspecified atom stereocenters. The van der Waals surface area contributed by atoms with Crippen molar-refractivity contribution in [2.24, 2.45) is 0 Å². The number of aryl methyl sites for hydroxylation is 1. The van der Waals surface area contributed by atoms with Crippen molar-refractivity contribution < 1.29 is 14.7 Å². The number of amides is 1. The van der Waals surface area contributed by atoms with Gasteiger partial charge in [0.2, 0.25) is 5.91 Å². The molecule has 1 atom stereocenters. The van der Waals surface area contributed by atoms with Gasteiger partial charge in [-0.3, -0.25) is 9.59 Å². The van der Waals surface area contributed by atoms with Gasteiger partial charge in [0, 0.05) is 34.7 Å². The molecule has 0 saturated carbocycles. The van der Waals surface area contributed by atoms with E-state index < -0.39 is 12.0 Å². The number of rotatable bonds is 5. The number of aromatic nitrogens is 7. The average molecular weight is 517 g/mol. The lowest BCUT2D eigenvalue weighted by Gasteiger charge is -2.16. The molecule has 1 aliphatic heterocycles. The molecule has 0 aliphatic carbocycles. The summed E-state index contributed by atoms with van der Waals surface area (Å²) in [6, 6.07) is 11.1. The highest BCUT2D eigenvalue weighted by atomic mass is 35.5. The van der Waals surface area contributed by atoms with Gasteiger partial charge in [-0.2, -0.15) is 4.68 Å². The molecule has 37 heavy (non-hydrogen) atoms. The van der Waals surface area contributed by atoms with Gasteiger partial charge in [0.1, 0.15) is 18.0 Å². The van der Waals surface area contributed by atoms with Crippen LogP contribution < -0.4 is 10.9 Å². The third-order valence-electron chi connectivity index (χ3n) is 6.24. The number of imidazole rings is 1. The first-order valence-corrected chi connectivity index (χ1v) is 11.6. The maximum absolute atomic E-state index is 13.2. The smallest absolute Gasteiger partial charge is 0.356 e. The Morgan fingerprint density at radius 3 is 2.76 bits per heavy atom. The van der Waals surface area contributed by atoms with Crippen LogP contribution in [0.1, 0.15) is 28.6 Å². The van der Waals surface area contributed by atoms with Crippen molar-refractivity contribution in [1.82, 2.24) is 34.2 Å². The number of carboxylic acid groups (broad SMARTS) is 1. The predicted octanol–water partition coefficient (Wildman–Crippen LogP) is 2.62. The minimum Gasteiger partial charge on any atom is -0.476 e. The summed E-state index contributed by atoms with van der Waals surface area (Å²) in [6.45, 7) is 0. The Morgan fingerprint density at radius 2 is 1.97 bits per heavy atom. The van der Waals surface area contributed by atoms with Gasteiger partial charge in [0.15, 0.2) is 5.69 Å². The number of hydrogen-bond donors (Lipinski definition) is 2. The van der Waals surface area contributed by atoms with Crippen LogP contribution in [0.5, 0.6) is 0 Å². The van der Waals surface area contributed by atoms with Crippen LogP contribution in [-0.2, 0) is 11.2 Å². The molecule has 2 N–H and O–H groups in total. The first-order valence-electron chi connectivity index (χ1n) is 11.2. The molecule has 0 bridgehead atoms. The maximum atomic E-state index is 13.2. The number of fused-ring (bicyclic) bond motifs is 2. The number of halogens is 1. The first-order chi connectivity index (χ1) is 17.9. The third kappa shape index (κ3) is 4.02. The van der Waals surface area contributed by atoms with Crippen molar-refractivity contribution in [3.63, 3.8) is 0 Å². The lowest BCUT2D eigenvalue weighted by atomic mass is 10.0. The zero-order chi connectivity index (χ0) is 25.7. The number of carboxylic acids is 1. The number of aromatic carboxylic acids is 1. The largest absolute Gasteiger partial charge is 0.476 e. The summed E-state index contributed by atoms with van der Waals surface area (Å²) in [5, 5.41) is 23.8. The second-order valence-electron chi connectivity index (χ2n) is 8.52. The van der Waals surface area contributed by atoms with Crippen molar-refractivity contribution in [2.75, 3.05) is 5.32 Å². The zero-order valence-electron chi connectivity index (χ0n) is 18.9. The van der Waals surface area contributed by atoms with Gasteiger partial charge in [0.25, 0.3) is 5.56 Å². The highest BCUT2D eigenvalue weighted by Gasteiger charge is 2.30. The molecule has 6 rings (SSSR count). The zero-order valence-corrected chi connectivity index (χ0v) is 19.7. The van der Waals surface area contributed by atoms with E-state index in [2.05, 4.69) is 25.8 Å². The second-order valence-corrected chi connectivity index (χ2v) is 8.95.